The van der Waals surface area contributed by atoms with Gasteiger partial charge in [0.05, 0.1) is 7.11 Å². The Labute approximate surface area is 126 Å². The predicted octanol–water partition coefficient (Wildman–Crippen LogP) is 4.37. The van der Waals surface area contributed by atoms with E-state index in [0.29, 0.717) is 27.8 Å². The van der Waals surface area contributed by atoms with Gasteiger partial charge in [0.15, 0.2) is 17.1 Å². The van der Waals surface area contributed by atoms with Gasteiger partial charge in [-0.25, -0.2) is 4.98 Å². The summed E-state index contributed by atoms with van der Waals surface area (Å²) in [5.74, 6) is 0.996. The lowest BCUT2D eigenvalue weighted by Gasteiger charge is -2.02. The summed E-state index contributed by atoms with van der Waals surface area (Å²) in [6, 6.07) is 10.4. The van der Waals surface area contributed by atoms with Gasteiger partial charge in [0.2, 0.25) is 5.89 Å². The number of hydrogen-bond donors (Lipinski definition) is 1. The van der Waals surface area contributed by atoms with Gasteiger partial charge in [0.1, 0.15) is 5.52 Å². The second kappa shape index (κ2) is 5.50. The third-order valence-corrected chi connectivity index (χ3v) is 3.22. The number of hydrogen-bond acceptors (Lipinski definition) is 4. The van der Waals surface area contributed by atoms with E-state index in [1.165, 1.54) is 7.11 Å². The molecule has 0 bridgehead atoms. The number of nitrogens with zero attached hydrogens (tertiary/aromatic N) is 1. The zero-order valence-corrected chi connectivity index (χ0v) is 12.0. The number of fused-ring (bicyclic) bond motifs is 1. The van der Waals surface area contributed by atoms with Crippen LogP contribution in [0, 0.1) is 0 Å². The molecule has 0 spiro atoms. The molecule has 3 aromatic rings. The van der Waals surface area contributed by atoms with E-state index in [9.17, 15) is 5.11 Å². The first kappa shape index (κ1) is 13.5. The van der Waals surface area contributed by atoms with Crippen molar-refractivity contribution in [3.8, 4) is 11.5 Å². The van der Waals surface area contributed by atoms with E-state index in [1.807, 2.05) is 6.07 Å². The van der Waals surface area contributed by atoms with Crippen LogP contribution in [0.3, 0.4) is 0 Å². The second-order valence-electron chi connectivity index (χ2n) is 4.43. The molecule has 1 aromatic heterocycles. The number of oxazole rings is 1. The number of ether oxygens (including phenoxy) is 1. The Morgan fingerprint density at radius 2 is 2.05 bits per heavy atom. The van der Waals surface area contributed by atoms with Gasteiger partial charge in [0, 0.05) is 11.1 Å². The van der Waals surface area contributed by atoms with Crippen LogP contribution in [0.1, 0.15) is 11.5 Å². The van der Waals surface area contributed by atoms with Crippen molar-refractivity contribution in [3.05, 3.63) is 52.9 Å². The zero-order valence-electron chi connectivity index (χ0n) is 11.2. The molecule has 0 atom stereocenters. The molecule has 1 heterocycles. The first-order chi connectivity index (χ1) is 10.2. The summed E-state index contributed by atoms with van der Waals surface area (Å²) >= 11 is 5.91. The Hall–Kier alpha value is -2.46. The average molecular weight is 302 g/mol. The average Bonchev–Trinajstić information content (AvgIpc) is 2.87. The number of phenolic OH excluding ortho intramolecular Hbond substituents is 1. The molecule has 0 aliphatic rings. The minimum atomic E-state index is 0.0870. The van der Waals surface area contributed by atoms with Crippen molar-refractivity contribution in [2.24, 2.45) is 0 Å². The lowest BCUT2D eigenvalue weighted by molar-refractivity contribution is 0.373. The molecular formula is C16H12ClNO3. The molecule has 106 valence electrons. The van der Waals surface area contributed by atoms with E-state index >= 15 is 0 Å². The van der Waals surface area contributed by atoms with Crippen LogP contribution >= 0.6 is 11.6 Å². The Morgan fingerprint density at radius 1 is 1.19 bits per heavy atom. The van der Waals surface area contributed by atoms with Crippen LogP contribution in [-0.4, -0.2) is 17.2 Å². The molecular weight excluding hydrogens is 290 g/mol. The lowest BCUT2D eigenvalue weighted by atomic mass is 10.2. The number of benzene rings is 2. The molecule has 4 nitrogen and oxygen atoms in total. The van der Waals surface area contributed by atoms with E-state index in [-0.39, 0.29) is 5.75 Å². The topological polar surface area (TPSA) is 55.5 Å². The van der Waals surface area contributed by atoms with Gasteiger partial charge in [-0.3, -0.25) is 0 Å². The van der Waals surface area contributed by atoms with E-state index < -0.39 is 0 Å². The smallest absolute Gasteiger partial charge is 0.220 e. The van der Waals surface area contributed by atoms with E-state index in [0.717, 1.165) is 5.56 Å². The van der Waals surface area contributed by atoms with E-state index in [1.54, 1.807) is 42.5 Å². The standard InChI is InChI=1S/C16H12ClNO3/c1-20-15-5-2-10(8-13(15)19)3-7-16-18-12-9-11(17)4-6-14(12)21-16/h2-9,19H,1H3/b7-3+. The van der Waals surface area contributed by atoms with E-state index in [2.05, 4.69) is 4.98 Å². The molecule has 21 heavy (non-hydrogen) atoms. The second-order valence-corrected chi connectivity index (χ2v) is 4.87. The fourth-order valence-corrected chi connectivity index (χ4v) is 2.13. The van der Waals surface area contributed by atoms with Gasteiger partial charge < -0.3 is 14.3 Å². The van der Waals surface area contributed by atoms with Crippen LogP contribution in [0.2, 0.25) is 5.02 Å². The van der Waals surface area contributed by atoms with Gasteiger partial charge in [-0.05, 0) is 42.0 Å². The highest BCUT2D eigenvalue weighted by molar-refractivity contribution is 6.31. The molecule has 0 saturated carbocycles. The van der Waals surface area contributed by atoms with Crippen LogP contribution in [0.4, 0.5) is 0 Å². The van der Waals surface area contributed by atoms with Gasteiger partial charge in [-0.2, -0.15) is 0 Å². The largest absolute Gasteiger partial charge is 0.504 e. The highest BCUT2D eigenvalue weighted by Crippen LogP contribution is 2.27. The van der Waals surface area contributed by atoms with Crippen molar-refractivity contribution >= 4 is 34.9 Å². The Morgan fingerprint density at radius 3 is 2.81 bits per heavy atom. The Kier molecular flexibility index (Phi) is 3.54. The highest BCUT2D eigenvalue weighted by atomic mass is 35.5. The van der Waals surface area contributed by atoms with Crippen molar-refractivity contribution in [2.75, 3.05) is 7.11 Å². The SMILES string of the molecule is COc1ccc(/C=C/c2nc3cc(Cl)ccc3o2)cc1O. The molecule has 1 N–H and O–H groups in total. The van der Waals surface area contributed by atoms with Gasteiger partial charge in [-0.15, -0.1) is 0 Å². The quantitative estimate of drug-likeness (QED) is 0.780. The number of methoxy groups -OCH3 is 1. The minimum Gasteiger partial charge on any atom is -0.504 e. The summed E-state index contributed by atoms with van der Waals surface area (Å²) in [5.41, 5.74) is 2.20. The van der Waals surface area contributed by atoms with Gasteiger partial charge in [0.25, 0.3) is 0 Å². The third-order valence-electron chi connectivity index (χ3n) is 2.99. The Bertz CT molecular complexity index is 824. The van der Waals surface area contributed by atoms with Crippen LogP contribution in [0.5, 0.6) is 11.5 Å². The number of phenols is 1. The monoisotopic (exact) mass is 301 g/mol. The number of aromatic hydroxyl groups is 1. The number of rotatable bonds is 3. The summed E-state index contributed by atoms with van der Waals surface area (Å²) in [5, 5.41) is 10.3. The highest BCUT2D eigenvalue weighted by Gasteiger charge is 2.04. The van der Waals surface area contributed by atoms with Crippen molar-refractivity contribution in [3.63, 3.8) is 0 Å². The molecule has 5 heteroatoms. The number of halogens is 1. The molecule has 2 aromatic carbocycles. The molecule has 0 aliphatic carbocycles. The molecule has 0 fully saturated rings. The van der Waals surface area contributed by atoms with Gasteiger partial charge in [-0.1, -0.05) is 17.7 Å². The molecule has 0 aliphatic heterocycles. The van der Waals surface area contributed by atoms with Crippen LogP contribution in [0.15, 0.2) is 40.8 Å². The summed E-state index contributed by atoms with van der Waals surface area (Å²) in [7, 11) is 1.51. The lowest BCUT2D eigenvalue weighted by Crippen LogP contribution is -1.83. The summed E-state index contributed by atoms with van der Waals surface area (Å²) in [4.78, 5) is 4.32. The maximum atomic E-state index is 9.72. The first-order valence-corrected chi connectivity index (χ1v) is 6.65. The predicted molar refractivity (Wildman–Crippen MR) is 82.6 cm³/mol. The van der Waals surface area contributed by atoms with Crippen molar-refractivity contribution in [1.82, 2.24) is 4.98 Å². The maximum Gasteiger partial charge on any atom is 0.220 e. The summed E-state index contributed by atoms with van der Waals surface area (Å²) in [6.45, 7) is 0. The molecule has 3 rings (SSSR count). The van der Waals surface area contributed by atoms with Crippen molar-refractivity contribution < 1.29 is 14.3 Å². The molecule has 0 saturated heterocycles. The summed E-state index contributed by atoms with van der Waals surface area (Å²) < 4.78 is 10.6. The van der Waals surface area contributed by atoms with Crippen molar-refractivity contribution in [1.29, 1.82) is 0 Å². The normalized spacial score (nSPS) is 11.3. The first-order valence-electron chi connectivity index (χ1n) is 6.27. The van der Waals surface area contributed by atoms with Crippen molar-refractivity contribution in [2.45, 2.75) is 0 Å². The molecule has 0 radical (unpaired) electrons. The molecule has 0 amide bonds. The number of aromatic nitrogens is 1. The minimum absolute atomic E-state index is 0.0870. The Balaban J connectivity index is 1.88. The third kappa shape index (κ3) is 2.85. The van der Waals surface area contributed by atoms with E-state index in [4.69, 9.17) is 20.8 Å². The van der Waals surface area contributed by atoms with Crippen LogP contribution in [0.25, 0.3) is 23.3 Å². The van der Waals surface area contributed by atoms with Crippen LogP contribution in [-0.2, 0) is 0 Å². The molecule has 0 unspecified atom stereocenters. The zero-order chi connectivity index (χ0) is 14.8. The summed E-state index contributed by atoms with van der Waals surface area (Å²) in [6.07, 6.45) is 3.53. The fourth-order valence-electron chi connectivity index (χ4n) is 1.97. The van der Waals surface area contributed by atoms with Crippen LogP contribution < -0.4 is 4.74 Å². The van der Waals surface area contributed by atoms with Gasteiger partial charge >= 0.3 is 0 Å². The fraction of sp³-hybridized carbons (Fsp3) is 0.0625. The maximum absolute atomic E-state index is 9.72.